The van der Waals surface area contributed by atoms with Crippen LogP contribution >= 0.6 is 15.9 Å². The number of benzene rings is 1. The van der Waals surface area contributed by atoms with E-state index < -0.39 is 10.0 Å². The Morgan fingerprint density at radius 1 is 1.23 bits per heavy atom. The van der Waals surface area contributed by atoms with Crippen LogP contribution in [0.15, 0.2) is 44.7 Å². The van der Waals surface area contributed by atoms with Crippen LogP contribution in [0.3, 0.4) is 0 Å². The average Bonchev–Trinajstić information content (AvgIpc) is 2.86. The molecule has 2 rings (SSSR count). The molecule has 2 aromatic rings. The van der Waals surface area contributed by atoms with E-state index in [9.17, 15) is 8.42 Å². The van der Waals surface area contributed by atoms with Gasteiger partial charge in [-0.05, 0) is 23.8 Å². The lowest BCUT2D eigenvalue weighted by Crippen LogP contribution is -2.11. The maximum atomic E-state index is 12.0. The SMILES string of the molecule is CC(C)(C)c1cc(NS(=O)(=O)/C=C\c2ccc(Br)cc2)on1. The maximum Gasteiger partial charge on any atom is 0.257 e. The second kappa shape index (κ2) is 6.26. The highest BCUT2D eigenvalue weighted by Gasteiger charge is 2.20. The highest BCUT2D eigenvalue weighted by molar-refractivity contribution is 9.10. The van der Waals surface area contributed by atoms with Crippen LogP contribution in [0.5, 0.6) is 0 Å². The standard InChI is InChI=1S/C15H17BrN2O3S/c1-15(2,3)13-10-14(21-17-13)18-22(19,20)9-8-11-4-6-12(16)7-5-11/h4-10,18H,1-3H3/b9-8-. The van der Waals surface area contributed by atoms with Crippen LogP contribution in [0, 0.1) is 0 Å². The van der Waals surface area contributed by atoms with Gasteiger partial charge < -0.3 is 4.52 Å². The van der Waals surface area contributed by atoms with Gasteiger partial charge in [-0.25, -0.2) is 13.1 Å². The van der Waals surface area contributed by atoms with Crippen molar-refractivity contribution in [2.75, 3.05) is 4.72 Å². The first-order chi connectivity index (χ1) is 10.2. The largest absolute Gasteiger partial charge is 0.338 e. The van der Waals surface area contributed by atoms with E-state index in [0.29, 0.717) is 5.69 Å². The third-order valence-corrected chi connectivity index (χ3v) is 4.34. The first-order valence-corrected chi connectivity index (χ1v) is 8.93. The summed E-state index contributed by atoms with van der Waals surface area (Å²) in [5, 5.41) is 4.96. The van der Waals surface area contributed by atoms with Crippen molar-refractivity contribution in [2.24, 2.45) is 0 Å². The van der Waals surface area contributed by atoms with Crippen LogP contribution in [0.2, 0.25) is 0 Å². The summed E-state index contributed by atoms with van der Waals surface area (Å²) < 4.78 is 32.3. The highest BCUT2D eigenvalue weighted by Crippen LogP contribution is 2.24. The molecule has 0 saturated carbocycles. The lowest BCUT2D eigenvalue weighted by atomic mass is 9.92. The smallest absolute Gasteiger partial charge is 0.257 e. The minimum atomic E-state index is -3.65. The third-order valence-electron chi connectivity index (χ3n) is 2.83. The van der Waals surface area contributed by atoms with Crippen molar-refractivity contribution < 1.29 is 12.9 Å². The van der Waals surface area contributed by atoms with Crippen molar-refractivity contribution in [2.45, 2.75) is 26.2 Å². The zero-order chi connectivity index (χ0) is 16.4. The van der Waals surface area contributed by atoms with E-state index in [-0.39, 0.29) is 11.3 Å². The first kappa shape index (κ1) is 16.8. The number of anilines is 1. The Hall–Kier alpha value is -1.60. The van der Waals surface area contributed by atoms with E-state index in [0.717, 1.165) is 15.4 Å². The predicted molar refractivity (Wildman–Crippen MR) is 90.9 cm³/mol. The number of rotatable bonds is 4. The van der Waals surface area contributed by atoms with Crippen LogP contribution in [0.25, 0.3) is 6.08 Å². The second-order valence-corrected chi connectivity index (χ2v) is 8.31. The Bertz CT molecular complexity index is 772. The van der Waals surface area contributed by atoms with Gasteiger partial charge in [-0.2, -0.15) is 0 Å². The summed E-state index contributed by atoms with van der Waals surface area (Å²) in [5.41, 5.74) is 1.25. The fraction of sp³-hybridized carbons (Fsp3) is 0.267. The summed E-state index contributed by atoms with van der Waals surface area (Å²) in [7, 11) is -3.65. The number of nitrogens with one attached hydrogen (secondary N) is 1. The summed E-state index contributed by atoms with van der Waals surface area (Å²) in [5.74, 6) is 0.102. The quantitative estimate of drug-likeness (QED) is 0.858. The molecule has 0 atom stereocenters. The number of hydrogen-bond donors (Lipinski definition) is 1. The molecule has 0 saturated heterocycles. The molecule has 22 heavy (non-hydrogen) atoms. The van der Waals surface area contributed by atoms with E-state index in [1.165, 1.54) is 6.08 Å². The van der Waals surface area contributed by atoms with Crippen LogP contribution in [-0.2, 0) is 15.4 Å². The van der Waals surface area contributed by atoms with E-state index in [2.05, 4.69) is 25.8 Å². The van der Waals surface area contributed by atoms with Crippen LogP contribution in [0.1, 0.15) is 32.0 Å². The van der Waals surface area contributed by atoms with Gasteiger partial charge in [0.2, 0.25) is 5.88 Å². The van der Waals surface area contributed by atoms with Gasteiger partial charge in [-0.15, -0.1) is 0 Å². The Labute approximate surface area is 138 Å². The molecule has 118 valence electrons. The van der Waals surface area contributed by atoms with Crippen molar-refractivity contribution in [3.63, 3.8) is 0 Å². The molecule has 0 radical (unpaired) electrons. The number of nitrogens with zero attached hydrogens (tertiary/aromatic N) is 1. The van der Waals surface area contributed by atoms with Crippen molar-refractivity contribution in [3.05, 3.63) is 51.5 Å². The summed E-state index contributed by atoms with van der Waals surface area (Å²) in [6.45, 7) is 5.91. The number of halogens is 1. The van der Waals surface area contributed by atoms with Gasteiger partial charge in [0.1, 0.15) is 0 Å². The normalized spacial score (nSPS) is 12.7. The van der Waals surface area contributed by atoms with Gasteiger partial charge in [0.25, 0.3) is 10.0 Å². The lowest BCUT2D eigenvalue weighted by Gasteiger charge is -2.12. The lowest BCUT2D eigenvalue weighted by molar-refractivity contribution is 0.405. The van der Waals surface area contributed by atoms with E-state index in [1.54, 1.807) is 6.07 Å². The van der Waals surface area contributed by atoms with Crippen LogP contribution in [-0.4, -0.2) is 13.6 Å². The Kier molecular flexibility index (Phi) is 4.77. The summed E-state index contributed by atoms with van der Waals surface area (Å²) >= 11 is 3.32. The minimum Gasteiger partial charge on any atom is -0.338 e. The molecule has 0 aliphatic rings. The Morgan fingerprint density at radius 2 is 1.86 bits per heavy atom. The summed E-state index contributed by atoms with van der Waals surface area (Å²) in [4.78, 5) is 0. The zero-order valence-corrected chi connectivity index (χ0v) is 14.9. The summed E-state index contributed by atoms with van der Waals surface area (Å²) in [6.07, 6.45) is 1.51. The fourth-order valence-corrected chi connectivity index (χ4v) is 2.64. The van der Waals surface area contributed by atoms with Crippen LogP contribution in [0.4, 0.5) is 5.88 Å². The average molecular weight is 385 g/mol. The molecule has 7 heteroatoms. The molecule has 0 amide bonds. The van der Waals surface area contributed by atoms with E-state index in [4.69, 9.17) is 4.52 Å². The van der Waals surface area contributed by atoms with Gasteiger partial charge in [-0.3, -0.25) is 0 Å². The molecule has 0 aliphatic carbocycles. The molecule has 0 spiro atoms. The molecule has 1 N–H and O–H groups in total. The van der Waals surface area contributed by atoms with Crippen LogP contribution < -0.4 is 4.72 Å². The van der Waals surface area contributed by atoms with E-state index in [1.807, 2.05) is 45.0 Å². The molecular weight excluding hydrogens is 368 g/mol. The molecule has 1 heterocycles. The predicted octanol–water partition coefficient (Wildman–Crippen LogP) is 4.15. The zero-order valence-electron chi connectivity index (χ0n) is 12.5. The molecule has 0 unspecified atom stereocenters. The van der Waals surface area contributed by atoms with E-state index >= 15 is 0 Å². The van der Waals surface area contributed by atoms with Gasteiger partial charge in [-0.1, -0.05) is 54.0 Å². The molecule has 5 nitrogen and oxygen atoms in total. The second-order valence-electron chi connectivity index (χ2n) is 5.83. The Balaban J connectivity index is 2.11. The van der Waals surface area contributed by atoms with Crippen molar-refractivity contribution >= 4 is 37.9 Å². The summed E-state index contributed by atoms with van der Waals surface area (Å²) in [6, 6.07) is 8.88. The first-order valence-electron chi connectivity index (χ1n) is 6.59. The highest BCUT2D eigenvalue weighted by atomic mass is 79.9. The number of hydrogen-bond acceptors (Lipinski definition) is 4. The topological polar surface area (TPSA) is 72.2 Å². The molecule has 0 fully saturated rings. The molecule has 1 aromatic carbocycles. The van der Waals surface area contributed by atoms with Crippen molar-refractivity contribution in [3.8, 4) is 0 Å². The molecule has 0 aliphatic heterocycles. The number of sulfonamides is 1. The Morgan fingerprint density at radius 3 is 2.41 bits per heavy atom. The van der Waals surface area contributed by atoms with Crippen molar-refractivity contribution in [1.29, 1.82) is 0 Å². The van der Waals surface area contributed by atoms with Gasteiger partial charge in [0.05, 0.1) is 11.1 Å². The van der Waals surface area contributed by atoms with Gasteiger partial charge in [0, 0.05) is 16.0 Å². The fourth-order valence-electron chi connectivity index (χ4n) is 1.59. The molecule has 0 bridgehead atoms. The molecule has 1 aromatic heterocycles. The van der Waals surface area contributed by atoms with Gasteiger partial charge in [0.15, 0.2) is 0 Å². The van der Waals surface area contributed by atoms with Crippen molar-refractivity contribution in [1.82, 2.24) is 5.16 Å². The maximum absolute atomic E-state index is 12.0. The minimum absolute atomic E-state index is 0.102. The number of aromatic nitrogens is 1. The monoisotopic (exact) mass is 384 g/mol. The third kappa shape index (κ3) is 4.71. The molecular formula is C15H17BrN2O3S. The van der Waals surface area contributed by atoms with Gasteiger partial charge >= 0.3 is 0 Å².